The van der Waals surface area contributed by atoms with Crippen molar-refractivity contribution in [3.05, 3.63) is 35.9 Å². The smallest absolute Gasteiger partial charge is 0.324 e. The Kier molecular flexibility index (Phi) is 5.01. The minimum atomic E-state index is -3.95. The average Bonchev–Trinajstić information content (AvgIpc) is 2.35. The van der Waals surface area contributed by atoms with E-state index >= 15 is 0 Å². The van der Waals surface area contributed by atoms with E-state index < -0.39 is 28.3 Å². The number of carbonyl (C=O) groups is 1. The van der Waals surface area contributed by atoms with Crippen molar-refractivity contribution >= 4 is 16.2 Å². The maximum atomic E-state index is 11.6. The lowest BCUT2D eigenvalue weighted by Gasteiger charge is -2.22. The molecule has 0 spiro atoms. The van der Waals surface area contributed by atoms with Crippen molar-refractivity contribution in [2.24, 2.45) is 0 Å². The van der Waals surface area contributed by atoms with Crippen molar-refractivity contribution in [2.75, 3.05) is 14.1 Å². The van der Waals surface area contributed by atoms with Gasteiger partial charge < -0.3 is 10.2 Å². The minimum Gasteiger partial charge on any atom is -0.480 e. The summed E-state index contributed by atoms with van der Waals surface area (Å²) in [4.78, 5) is 11.1. The van der Waals surface area contributed by atoms with E-state index in [0.717, 1.165) is 4.31 Å². The molecule has 1 aromatic carbocycles. The number of aliphatic hydroxyl groups is 1. The predicted molar refractivity (Wildman–Crippen MR) is 68.6 cm³/mol. The van der Waals surface area contributed by atoms with Crippen molar-refractivity contribution in [2.45, 2.75) is 12.1 Å². The number of nitrogens with zero attached hydrogens (tertiary/aromatic N) is 1. The molecular weight excluding hydrogens is 272 g/mol. The van der Waals surface area contributed by atoms with E-state index in [0.29, 0.717) is 5.56 Å². The molecule has 0 unspecified atom stereocenters. The van der Waals surface area contributed by atoms with Gasteiger partial charge in [0.2, 0.25) is 0 Å². The standard InChI is InChI=1S/C11H16N2O5S/c1-13(2)19(17,18)12-9(11(15)16)10(14)8-6-4-3-5-7-8/h3-7,9-10,12,14H,1-2H3,(H,15,16)/t9-,10+/m1/s1. The van der Waals surface area contributed by atoms with Crippen molar-refractivity contribution in [1.82, 2.24) is 9.03 Å². The molecule has 0 radical (unpaired) electrons. The van der Waals surface area contributed by atoms with Crippen LogP contribution in [0.2, 0.25) is 0 Å². The Morgan fingerprint density at radius 2 is 1.79 bits per heavy atom. The summed E-state index contributed by atoms with van der Waals surface area (Å²) >= 11 is 0. The molecule has 8 heteroatoms. The van der Waals surface area contributed by atoms with Crippen LogP contribution in [0.25, 0.3) is 0 Å². The van der Waals surface area contributed by atoms with Gasteiger partial charge in [0.15, 0.2) is 6.04 Å². The van der Waals surface area contributed by atoms with Crippen molar-refractivity contribution in [1.29, 1.82) is 0 Å². The zero-order valence-electron chi connectivity index (χ0n) is 10.5. The highest BCUT2D eigenvalue weighted by Gasteiger charge is 2.32. The molecule has 0 fully saturated rings. The van der Waals surface area contributed by atoms with E-state index in [9.17, 15) is 18.3 Å². The summed E-state index contributed by atoms with van der Waals surface area (Å²) in [5.41, 5.74) is 0.316. The Morgan fingerprint density at radius 3 is 2.21 bits per heavy atom. The fraction of sp³-hybridized carbons (Fsp3) is 0.364. The number of rotatable bonds is 6. The monoisotopic (exact) mass is 288 g/mol. The lowest BCUT2D eigenvalue weighted by atomic mass is 10.0. The van der Waals surface area contributed by atoms with Gasteiger partial charge in [-0.1, -0.05) is 30.3 Å². The van der Waals surface area contributed by atoms with Crippen LogP contribution in [0.15, 0.2) is 30.3 Å². The summed E-state index contributed by atoms with van der Waals surface area (Å²) in [7, 11) is -1.43. The summed E-state index contributed by atoms with van der Waals surface area (Å²) in [6.07, 6.45) is -1.48. The average molecular weight is 288 g/mol. The van der Waals surface area contributed by atoms with Gasteiger partial charge in [-0.25, -0.2) is 0 Å². The van der Waals surface area contributed by atoms with Crippen LogP contribution in [0.4, 0.5) is 0 Å². The van der Waals surface area contributed by atoms with Gasteiger partial charge in [-0.3, -0.25) is 4.79 Å². The molecule has 19 heavy (non-hydrogen) atoms. The largest absolute Gasteiger partial charge is 0.480 e. The van der Waals surface area contributed by atoms with E-state index in [1.54, 1.807) is 18.2 Å². The molecule has 7 nitrogen and oxygen atoms in total. The van der Waals surface area contributed by atoms with Gasteiger partial charge in [0.1, 0.15) is 6.10 Å². The van der Waals surface area contributed by atoms with Gasteiger partial charge in [0.05, 0.1) is 0 Å². The summed E-state index contributed by atoms with van der Waals surface area (Å²) in [5, 5.41) is 19.0. The first-order valence-electron chi connectivity index (χ1n) is 5.41. The molecule has 2 atom stereocenters. The number of benzene rings is 1. The van der Waals surface area contributed by atoms with Crippen molar-refractivity contribution in [3.8, 4) is 0 Å². The second-order valence-electron chi connectivity index (χ2n) is 4.08. The Bertz CT molecular complexity index is 529. The number of hydrogen-bond acceptors (Lipinski definition) is 4. The van der Waals surface area contributed by atoms with E-state index in [1.807, 2.05) is 4.72 Å². The normalized spacial score (nSPS) is 15.2. The third kappa shape index (κ3) is 4.00. The molecule has 106 valence electrons. The minimum absolute atomic E-state index is 0.316. The number of hydrogen-bond donors (Lipinski definition) is 3. The van der Waals surface area contributed by atoms with Gasteiger partial charge in [-0.15, -0.1) is 0 Å². The van der Waals surface area contributed by atoms with Gasteiger partial charge in [0.25, 0.3) is 10.2 Å². The van der Waals surface area contributed by atoms with Crippen LogP contribution >= 0.6 is 0 Å². The number of carboxylic acids is 1. The van der Waals surface area contributed by atoms with Gasteiger partial charge in [-0.05, 0) is 5.56 Å². The van der Waals surface area contributed by atoms with Crippen LogP contribution in [-0.4, -0.2) is 49.0 Å². The molecule has 0 saturated carbocycles. The Balaban J connectivity index is 3.00. The molecule has 0 aliphatic heterocycles. The lowest BCUT2D eigenvalue weighted by Crippen LogP contribution is -2.48. The Hall–Kier alpha value is -1.48. The molecule has 0 heterocycles. The maximum Gasteiger partial charge on any atom is 0.324 e. The first kappa shape index (κ1) is 15.6. The SMILES string of the molecule is CN(C)S(=O)(=O)N[C@@H](C(=O)O)[C@@H](O)c1ccccc1. The van der Waals surface area contributed by atoms with Crippen LogP contribution < -0.4 is 4.72 Å². The van der Waals surface area contributed by atoms with Gasteiger partial charge in [0, 0.05) is 14.1 Å². The molecule has 0 saturated heterocycles. The summed E-state index contributed by atoms with van der Waals surface area (Å²) in [6, 6.07) is 6.33. The third-order valence-electron chi connectivity index (χ3n) is 2.48. The molecule has 0 aliphatic rings. The van der Waals surface area contributed by atoms with Crippen LogP contribution in [0.1, 0.15) is 11.7 Å². The second kappa shape index (κ2) is 6.11. The van der Waals surface area contributed by atoms with E-state index in [1.165, 1.54) is 26.2 Å². The van der Waals surface area contributed by atoms with Crippen LogP contribution in [-0.2, 0) is 15.0 Å². The van der Waals surface area contributed by atoms with E-state index in [-0.39, 0.29) is 0 Å². The maximum absolute atomic E-state index is 11.6. The number of nitrogens with one attached hydrogen (secondary N) is 1. The zero-order chi connectivity index (χ0) is 14.6. The summed E-state index contributed by atoms with van der Waals surface area (Å²) < 4.78 is 26.0. The quantitative estimate of drug-likeness (QED) is 0.658. The van der Waals surface area contributed by atoms with Gasteiger partial charge >= 0.3 is 5.97 Å². The van der Waals surface area contributed by atoms with Crippen molar-refractivity contribution in [3.63, 3.8) is 0 Å². The molecule has 1 rings (SSSR count). The second-order valence-corrected chi connectivity index (χ2v) is 5.99. The van der Waals surface area contributed by atoms with Crippen LogP contribution in [0, 0.1) is 0 Å². The first-order valence-corrected chi connectivity index (χ1v) is 6.85. The molecule has 3 N–H and O–H groups in total. The highest BCUT2D eigenvalue weighted by atomic mass is 32.2. The van der Waals surface area contributed by atoms with Crippen LogP contribution in [0.5, 0.6) is 0 Å². The molecule has 1 aromatic rings. The molecule has 0 aliphatic carbocycles. The molecule has 0 bridgehead atoms. The Morgan fingerprint density at radius 1 is 1.26 bits per heavy atom. The number of carboxylic acid groups (broad SMARTS) is 1. The fourth-order valence-electron chi connectivity index (χ4n) is 1.36. The third-order valence-corrected chi connectivity index (χ3v) is 3.99. The van der Waals surface area contributed by atoms with Crippen LogP contribution in [0.3, 0.4) is 0 Å². The fourth-order valence-corrected chi connectivity index (χ4v) is 2.12. The van der Waals surface area contributed by atoms with E-state index in [2.05, 4.69) is 0 Å². The predicted octanol–water partition coefficient (Wildman–Crippen LogP) is -0.431. The molecule has 0 amide bonds. The zero-order valence-corrected chi connectivity index (χ0v) is 11.3. The Labute approximate surface area is 111 Å². The summed E-state index contributed by atoms with van der Waals surface area (Å²) in [5.74, 6) is -1.46. The lowest BCUT2D eigenvalue weighted by molar-refractivity contribution is -0.142. The number of aliphatic hydroxyl groups excluding tert-OH is 1. The summed E-state index contributed by atoms with van der Waals surface area (Å²) in [6.45, 7) is 0. The molecule has 0 aromatic heterocycles. The topological polar surface area (TPSA) is 107 Å². The van der Waals surface area contributed by atoms with Crippen molar-refractivity contribution < 1.29 is 23.4 Å². The first-order chi connectivity index (χ1) is 8.75. The molecular formula is C11H16N2O5S. The highest BCUT2D eigenvalue weighted by Crippen LogP contribution is 2.17. The van der Waals surface area contributed by atoms with E-state index in [4.69, 9.17) is 5.11 Å². The highest BCUT2D eigenvalue weighted by molar-refractivity contribution is 7.87. The van der Waals surface area contributed by atoms with Gasteiger partial charge in [-0.2, -0.15) is 17.4 Å². The number of aliphatic carboxylic acids is 1.